The van der Waals surface area contributed by atoms with Gasteiger partial charge in [0.05, 0.1) is 5.56 Å². The Labute approximate surface area is 109 Å². The maximum Gasteiger partial charge on any atom is 0.260 e. The van der Waals surface area contributed by atoms with E-state index in [9.17, 15) is 15.0 Å². The molecule has 1 aromatic heterocycles. The molecule has 0 saturated carbocycles. The van der Waals surface area contributed by atoms with Crippen molar-refractivity contribution in [2.24, 2.45) is 12.8 Å². The van der Waals surface area contributed by atoms with Gasteiger partial charge in [-0.2, -0.15) is 5.10 Å². The Morgan fingerprint density at radius 3 is 2.89 bits per heavy atom. The van der Waals surface area contributed by atoms with E-state index >= 15 is 0 Å². The van der Waals surface area contributed by atoms with Crippen LogP contribution in [-0.4, -0.2) is 25.9 Å². The molecule has 0 aliphatic heterocycles. The van der Waals surface area contributed by atoms with Gasteiger partial charge in [0.15, 0.2) is 5.82 Å². The van der Waals surface area contributed by atoms with Gasteiger partial charge in [0.25, 0.3) is 5.91 Å². The zero-order chi connectivity index (χ0) is 14.0. The number of aryl methyl sites for hydroxylation is 1. The molecule has 0 aliphatic carbocycles. The SMILES string of the molecule is Cn1cc(CN)c(NC(=O)c2cc(O)ccc2O)n1. The number of nitrogens with one attached hydrogen (secondary N) is 1. The lowest BCUT2D eigenvalue weighted by Gasteiger charge is -2.06. The van der Waals surface area contributed by atoms with Gasteiger partial charge >= 0.3 is 0 Å². The van der Waals surface area contributed by atoms with Crippen molar-refractivity contribution >= 4 is 11.7 Å². The number of anilines is 1. The number of carbonyl (C=O) groups excluding carboxylic acids is 1. The second kappa shape index (κ2) is 4.99. The number of benzene rings is 1. The van der Waals surface area contributed by atoms with Gasteiger partial charge in [0, 0.05) is 25.4 Å². The van der Waals surface area contributed by atoms with Gasteiger partial charge in [-0.15, -0.1) is 0 Å². The molecular weight excluding hydrogens is 248 g/mol. The van der Waals surface area contributed by atoms with E-state index in [1.54, 1.807) is 13.2 Å². The summed E-state index contributed by atoms with van der Waals surface area (Å²) >= 11 is 0. The van der Waals surface area contributed by atoms with Crippen LogP contribution >= 0.6 is 0 Å². The van der Waals surface area contributed by atoms with Crippen molar-refractivity contribution in [2.45, 2.75) is 6.54 Å². The second-order valence-corrected chi connectivity index (χ2v) is 4.04. The molecule has 0 fully saturated rings. The summed E-state index contributed by atoms with van der Waals surface area (Å²) in [7, 11) is 1.71. The maximum atomic E-state index is 12.0. The molecule has 19 heavy (non-hydrogen) atoms. The molecular formula is C12H14N4O3. The third-order valence-corrected chi connectivity index (χ3v) is 2.58. The summed E-state index contributed by atoms with van der Waals surface area (Å²) in [4.78, 5) is 12.0. The highest BCUT2D eigenvalue weighted by Gasteiger charge is 2.15. The Morgan fingerprint density at radius 2 is 2.21 bits per heavy atom. The third-order valence-electron chi connectivity index (χ3n) is 2.58. The molecule has 0 radical (unpaired) electrons. The van der Waals surface area contributed by atoms with E-state index < -0.39 is 5.91 Å². The van der Waals surface area contributed by atoms with Crippen molar-refractivity contribution < 1.29 is 15.0 Å². The quantitative estimate of drug-likeness (QED) is 0.603. The molecule has 1 heterocycles. The van der Waals surface area contributed by atoms with E-state index in [1.807, 2.05) is 0 Å². The lowest BCUT2D eigenvalue weighted by atomic mass is 10.1. The van der Waals surface area contributed by atoms with E-state index in [0.717, 1.165) is 0 Å². The fraction of sp³-hybridized carbons (Fsp3) is 0.167. The number of nitrogens with two attached hydrogens (primary N) is 1. The molecule has 0 saturated heterocycles. The van der Waals surface area contributed by atoms with Crippen molar-refractivity contribution in [1.82, 2.24) is 9.78 Å². The van der Waals surface area contributed by atoms with Gasteiger partial charge in [-0.1, -0.05) is 0 Å². The number of carbonyl (C=O) groups is 1. The minimum Gasteiger partial charge on any atom is -0.508 e. The molecule has 7 nitrogen and oxygen atoms in total. The molecule has 1 amide bonds. The van der Waals surface area contributed by atoms with E-state index in [4.69, 9.17) is 5.73 Å². The number of nitrogens with zero attached hydrogens (tertiary/aromatic N) is 2. The van der Waals surface area contributed by atoms with Crippen molar-refractivity contribution in [3.8, 4) is 11.5 Å². The molecule has 2 aromatic rings. The molecule has 100 valence electrons. The first-order valence-electron chi connectivity index (χ1n) is 5.57. The Kier molecular flexibility index (Phi) is 3.39. The lowest BCUT2D eigenvalue weighted by molar-refractivity contribution is 0.102. The fourth-order valence-corrected chi connectivity index (χ4v) is 1.67. The summed E-state index contributed by atoms with van der Waals surface area (Å²) < 4.78 is 1.53. The van der Waals surface area contributed by atoms with Crippen molar-refractivity contribution in [1.29, 1.82) is 0 Å². The molecule has 5 N–H and O–H groups in total. The number of phenolic OH excluding ortho intramolecular Hbond substituents is 2. The minimum atomic E-state index is -0.568. The van der Waals surface area contributed by atoms with Crippen LogP contribution in [0, 0.1) is 0 Å². The first kappa shape index (κ1) is 12.9. The number of amides is 1. The average Bonchev–Trinajstić information content (AvgIpc) is 2.72. The fourth-order valence-electron chi connectivity index (χ4n) is 1.67. The Balaban J connectivity index is 2.27. The topological polar surface area (TPSA) is 113 Å². The van der Waals surface area contributed by atoms with Gasteiger partial charge in [0.1, 0.15) is 11.5 Å². The third kappa shape index (κ3) is 2.66. The first-order chi connectivity index (χ1) is 9.01. The minimum absolute atomic E-state index is 0.0337. The summed E-state index contributed by atoms with van der Waals surface area (Å²) in [5.74, 6) is -0.567. The Morgan fingerprint density at radius 1 is 1.47 bits per heavy atom. The number of phenols is 2. The van der Waals surface area contributed by atoms with Crippen LogP contribution in [0.3, 0.4) is 0 Å². The predicted octanol–water partition coefficient (Wildman–Crippen LogP) is 0.542. The van der Waals surface area contributed by atoms with Crippen LogP contribution in [-0.2, 0) is 13.6 Å². The highest BCUT2D eigenvalue weighted by molar-refractivity contribution is 6.06. The van der Waals surface area contributed by atoms with Crippen molar-refractivity contribution in [2.75, 3.05) is 5.32 Å². The first-order valence-corrected chi connectivity index (χ1v) is 5.57. The Bertz CT molecular complexity index is 621. The molecule has 0 spiro atoms. The average molecular weight is 262 g/mol. The van der Waals surface area contributed by atoms with Gasteiger partial charge < -0.3 is 21.3 Å². The van der Waals surface area contributed by atoms with E-state index in [0.29, 0.717) is 11.4 Å². The maximum absolute atomic E-state index is 12.0. The highest BCUT2D eigenvalue weighted by atomic mass is 16.3. The van der Waals surface area contributed by atoms with Crippen LogP contribution in [0.25, 0.3) is 0 Å². The molecule has 0 atom stereocenters. The van der Waals surface area contributed by atoms with Crippen molar-refractivity contribution in [3.63, 3.8) is 0 Å². The normalized spacial score (nSPS) is 10.4. The largest absolute Gasteiger partial charge is 0.508 e. The summed E-state index contributed by atoms with van der Waals surface area (Å²) in [5.41, 5.74) is 6.18. The Hall–Kier alpha value is -2.54. The molecule has 0 unspecified atom stereocenters. The molecule has 1 aromatic carbocycles. The smallest absolute Gasteiger partial charge is 0.260 e. The number of hydrogen-bond donors (Lipinski definition) is 4. The number of aromatic nitrogens is 2. The number of hydrogen-bond acceptors (Lipinski definition) is 5. The standard InChI is InChI=1S/C12H14N4O3/c1-16-6-7(5-13)11(15-16)14-12(19)9-4-8(17)2-3-10(9)18/h2-4,6,17-18H,5,13H2,1H3,(H,14,15,19). The van der Waals surface area contributed by atoms with E-state index in [2.05, 4.69) is 10.4 Å². The van der Waals surface area contributed by atoms with Crippen LogP contribution in [0.2, 0.25) is 0 Å². The molecule has 7 heteroatoms. The monoisotopic (exact) mass is 262 g/mol. The molecule has 0 aliphatic rings. The van der Waals surface area contributed by atoms with Crippen LogP contribution in [0.15, 0.2) is 24.4 Å². The number of rotatable bonds is 3. The van der Waals surface area contributed by atoms with Crippen molar-refractivity contribution in [3.05, 3.63) is 35.5 Å². The van der Waals surface area contributed by atoms with Crippen LogP contribution in [0.4, 0.5) is 5.82 Å². The molecule has 0 bridgehead atoms. The molecule has 2 rings (SSSR count). The summed E-state index contributed by atoms with van der Waals surface area (Å²) in [6, 6.07) is 3.71. The predicted molar refractivity (Wildman–Crippen MR) is 68.8 cm³/mol. The number of aromatic hydroxyl groups is 2. The second-order valence-electron chi connectivity index (χ2n) is 4.04. The zero-order valence-electron chi connectivity index (χ0n) is 10.3. The lowest BCUT2D eigenvalue weighted by Crippen LogP contribution is -2.14. The summed E-state index contributed by atoms with van der Waals surface area (Å²) in [5, 5.41) is 25.5. The van der Waals surface area contributed by atoms with Crippen LogP contribution in [0.5, 0.6) is 11.5 Å². The van der Waals surface area contributed by atoms with Gasteiger partial charge in [-0.3, -0.25) is 9.48 Å². The van der Waals surface area contributed by atoms with E-state index in [1.165, 1.54) is 22.9 Å². The van der Waals surface area contributed by atoms with Gasteiger partial charge in [-0.05, 0) is 18.2 Å². The summed E-state index contributed by atoms with van der Waals surface area (Å²) in [6.45, 7) is 0.232. The van der Waals surface area contributed by atoms with Crippen LogP contribution < -0.4 is 11.1 Å². The highest BCUT2D eigenvalue weighted by Crippen LogP contribution is 2.23. The van der Waals surface area contributed by atoms with Gasteiger partial charge in [0.2, 0.25) is 0 Å². The van der Waals surface area contributed by atoms with Crippen LogP contribution in [0.1, 0.15) is 15.9 Å². The summed E-state index contributed by atoms with van der Waals surface area (Å²) in [6.07, 6.45) is 1.69. The van der Waals surface area contributed by atoms with Gasteiger partial charge in [-0.25, -0.2) is 0 Å². The zero-order valence-corrected chi connectivity index (χ0v) is 10.3. The van der Waals surface area contributed by atoms with E-state index in [-0.39, 0.29) is 23.6 Å².